The van der Waals surface area contributed by atoms with E-state index in [1.54, 1.807) is 0 Å². The van der Waals surface area contributed by atoms with Gasteiger partial charge in [0.05, 0.1) is 0 Å². The molecule has 142 valence electrons. The lowest BCUT2D eigenvalue weighted by atomic mass is 10.2. The van der Waals surface area contributed by atoms with Crippen molar-refractivity contribution in [1.82, 2.24) is 0 Å². The highest BCUT2D eigenvalue weighted by atomic mass is 79.9. The molecule has 4 rings (SSSR count). The predicted molar refractivity (Wildman–Crippen MR) is 104 cm³/mol. The number of aromatic nitrogens is 2. The minimum absolute atomic E-state index is 0. The summed E-state index contributed by atoms with van der Waals surface area (Å²) in [5.41, 5.74) is 2.63. The van der Waals surface area contributed by atoms with E-state index in [2.05, 4.69) is 94.3 Å². The molecule has 0 aliphatic carbocycles. The van der Waals surface area contributed by atoms with Gasteiger partial charge in [0.25, 0.3) is 0 Å². The van der Waals surface area contributed by atoms with E-state index in [1.165, 1.54) is 34.6 Å². The number of hydrogen-bond acceptors (Lipinski definition) is 0. The van der Waals surface area contributed by atoms with Gasteiger partial charge in [0, 0.05) is 47.9 Å². The van der Waals surface area contributed by atoms with Crippen LogP contribution in [-0.4, -0.2) is 0 Å². The van der Waals surface area contributed by atoms with Crippen LogP contribution in [0.1, 0.15) is 20.3 Å². The molecule has 4 heteroatoms. The normalized spacial score (nSPS) is 9.93. The van der Waals surface area contributed by atoms with Gasteiger partial charge in [-0.3, -0.25) is 0 Å². The number of benzene rings is 2. The molecule has 2 aromatic heterocycles. The Bertz CT molecular complexity index is 894. The van der Waals surface area contributed by atoms with Crippen LogP contribution in [0.3, 0.4) is 0 Å². The first-order valence-electron chi connectivity index (χ1n) is 8.66. The number of unbranched alkanes of at least 4 members (excludes halogenated alkanes) is 1. The van der Waals surface area contributed by atoms with Gasteiger partial charge >= 0.3 is 0 Å². The van der Waals surface area contributed by atoms with Crippen molar-refractivity contribution >= 4 is 21.8 Å². The monoisotopic (exact) mass is 488 g/mol. The summed E-state index contributed by atoms with van der Waals surface area (Å²) >= 11 is 0. The number of halogens is 2. The zero-order valence-corrected chi connectivity index (χ0v) is 17.7. The third-order valence-electron chi connectivity index (χ3n) is 4.62. The van der Waals surface area contributed by atoms with Crippen molar-refractivity contribution in [3.8, 4) is 0 Å². The summed E-state index contributed by atoms with van der Waals surface area (Å²) in [6.07, 6.45) is 6.73. The molecule has 4 aromatic rings. The van der Waals surface area contributed by atoms with Crippen molar-refractivity contribution in [1.29, 1.82) is 0 Å². The molecule has 0 aliphatic heterocycles. The van der Waals surface area contributed by atoms with Crippen LogP contribution >= 0.6 is 0 Å². The van der Waals surface area contributed by atoms with E-state index in [9.17, 15) is 0 Å². The van der Waals surface area contributed by atoms with Crippen LogP contribution in [-0.2, 0) is 13.1 Å². The first-order chi connectivity index (χ1) is 11.9. The lowest BCUT2D eigenvalue weighted by molar-refractivity contribution is -0.683. The van der Waals surface area contributed by atoms with Gasteiger partial charge in [-0.15, -0.1) is 0 Å². The Balaban J connectivity index is 0.00000121. The van der Waals surface area contributed by atoms with Gasteiger partial charge < -0.3 is 34.0 Å². The molecule has 0 atom stereocenters. The SMILES string of the molecule is C.[Br-].[Br-].c1ccc2c(c1)ccc[n+]2CCCC[n+]1cccc2ccccc21. The lowest BCUT2D eigenvalue weighted by Crippen LogP contribution is -3.00. The fraction of sp³-hybridized carbons (Fsp3) is 0.217. The number of rotatable bonds is 5. The van der Waals surface area contributed by atoms with Crippen LogP contribution in [0.15, 0.2) is 85.2 Å². The third-order valence-corrected chi connectivity index (χ3v) is 4.62. The highest BCUT2D eigenvalue weighted by Gasteiger charge is 2.10. The van der Waals surface area contributed by atoms with Gasteiger partial charge in [-0.05, 0) is 24.3 Å². The molecular weight excluding hydrogens is 464 g/mol. The fourth-order valence-electron chi connectivity index (χ4n) is 3.40. The molecule has 0 spiro atoms. The highest BCUT2D eigenvalue weighted by molar-refractivity contribution is 5.75. The van der Waals surface area contributed by atoms with Crippen molar-refractivity contribution in [3.05, 3.63) is 85.2 Å². The highest BCUT2D eigenvalue weighted by Crippen LogP contribution is 2.09. The number of pyridine rings is 2. The molecule has 2 aromatic carbocycles. The number of aryl methyl sites for hydroxylation is 2. The fourth-order valence-corrected chi connectivity index (χ4v) is 3.40. The van der Waals surface area contributed by atoms with E-state index < -0.39 is 0 Å². The second-order valence-electron chi connectivity index (χ2n) is 6.23. The van der Waals surface area contributed by atoms with Crippen LogP contribution in [0.25, 0.3) is 21.8 Å². The molecule has 2 nitrogen and oxygen atoms in total. The average molecular weight is 490 g/mol. The molecule has 0 bridgehead atoms. The van der Waals surface area contributed by atoms with Crippen LogP contribution in [0, 0.1) is 0 Å². The summed E-state index contributed by atoms with van der Waals surface area (Å²) in [5, 5.41) is 2.62. The molecule has 0 N–H and O–H groups in total. The van der Waals surface area contributed by atoms with Crippen LogP contribution in [0.4, 0.5) is 0 Å². The van der Waals surface area contributed by atoms with E-state index in [0.29, 0.717) is 0 Å². The summed E-state index contributed by atoms with van der Waals surface area (Å²) in [5.74, 6) is 0. The average Bonchev–Trinajstić information content (AvgIpc) is 2.65. The molecule has 0 saturated heterocycles. The van der Waals surface area contributed by atoms with E-state index in [1.807, 2.05) is 0 Å². The zero-order valence-electron chi connectivity index (χ0n) is 14.6. The molecule has 0 saturated carbocycles. The first kappa shape index (κ1) is 23.3. The summed E-state index contributed by atoms with van der Waals surface area (Å²) < 4.78 is 4.73. The Morgan fingerprint density at radius 1 is 0.519 bits per heavy atom. The standard InChI is InChI=1S/C22H22N2.CH4.2BrH/c1-3-13-21-19(9-1)11-7-17-23(21)15-5-6-16-24-18-8-12-20-10-2-4-14-22(20)24;;;/h1-4,7-14,17-18H,5-6,15-16H2;1H4;2*1H/q+2;;;/p-2. The quantitative estimate of drug-likeness (QED) is 0.243. The van der Waals surface area contributed by atoms with Gasteiger partial charge in [0.15, 0.2) is 12.4 Å². The third kappa shape index (κ3) is 5.36. The number of para-hydroxylation sites is 2. The molecule has 0 fully saturated rings. The van der Waals surface area contributed by atoms with Gasteiger partial charge in [0.2, 0.25) is 11.0 Å². The summed E-state index contributed by atoms with van der Waals surface area (Å²) in [6, 6.07) is 25.8. The maximum absolute atomic E-state index is 2.36. The van der Waals surface area contributed by atoms with Crippen LogP contribution in [0.5, 0.6) is 0 Å². The maximum Gasteiger partial charge on any atom is 0.212 e. The van der Waals surface area contributed by atoms with Gasteiger partial charge in [-0.1, -0.05) is 31.7 Å². The summed E-state index contributed by atoms with van der Waals surface area (Å²) in [6.45, 7) is 2.12. The smallest absolute Gasteiger partial charge is 0.212 e. The van der Waals surface area contributed by atoms with Gasteiger partial charge in [0.1, 0.15) is 13.1 Å². The van der Waals surface area contributed by atoms with Crippen molar-refractivity contribution in [2.24, 2.45) is 0 Å². The molecule has 0 radical (unpaired) electrons. The first-order valence-corrected chi connectivity index (χ1v) is 8.66. The van der Waals surface area contributed by atoms with Gasteiger partial charge in [-0.2, -0.15) is 9.13 Å². The van der Waals surface area contributed by atoms with Crippen LogP contribution in [0.2, 0.25) is 0 Å². The summed E-state index contributed by atoms with van der Waals surface area (Å²) in [4.78, 5) is 0. The number of nitrogens with zero attached hydrogens (tertiary/aromatic N) is 2. The van der Waals surface area contributed by atoms with Gasteiger partial charge in [-0.25, -0.2) is 0 Å². The van der Waals surface area contributed by atoms with Crippen molar-refractivity contribution < 1.29 is 43.1 Å². The molecule has 27 heavy (non-hydrogen) atoms. The molecule has 2 heterocycles. The Hall–Kier alpha value is -1.78. The van der Waals surface area contributed by atoms with E-state index in [-0.39, 0.29) is 41.4 Å². The Morgan fingerprint density at radius 2 is 0.889 bits per heavy atom. The van der Waals surface area contributed by atoms with E-state index in [0.717, 1.165) is 13.1 Å². The van der Waals surface area contributed by atoms with Crippen molar-refractivity contribution in [3.63, 3.8) is 0 Å². The molecule has 0 unspecified atom stereocenters. The minimum Gasteiger partial charge on any atom is -1.00 e. The van der Waals surface area contributed by atoms with E-state index >= 15 is 0 Å². The minimum atomic E-state index is 0. The second-order valence-corrected chi connectivity index (χ2v) is 6.23. The zero-order chi connectivity index (χ0) is 16.2. The maximum atomic E-state index is 2.36. The lowest BCUT2D eigenvalue weighted by Gasteiger charge is -2.02. The number of fused-ring (bicyclic) bond motifs is 2. The molecule has 0 aliphatic rings. The Kier molecular flexibility index (Phi) is 9.61. The number of hydrogen-bond donors (Lipinski definition) is 0. The summed E-state index contributed by atoms with van der Waals surface area (Å²) in [7, 11) is 0. The Labute approximate surface area is 183 Å². The molecular formula is C23H26Br2N2. The molecule has 0 amide bonds. The van der Waals surface area contributed by atoms with E-state index in [4.69, 9.17) is 0 Å². The van der Waals surface area contributed by atoms with Crippen molar-refractivity contribution in [2.45, 2.75) is 33.4 Å². The van der Waals surface area contributed by atoms with Crippen molar-refractivity contribution in [2.75, 3.05) is 0 Å². The second kappa shape index (κ2) is 11.2. The Morgan fingerprint density at radius 3 is 1.33 bits per heavy atom. The largest absolute Gasteiger partial charge is 1.00 e. The predicted octanol–water partition coefficient (Wildman–Crippen LogP) is -1.31. The van der Waals surface area contributed by atoms with Crippen LogP contribution < -0.4 is 43.1 Å². The topological polar surface area (TPSA) is 7.76 Å².